The van der Waals surface area contributed by atoms with Crippen LogP contribution in [-0.4, -0.2) is 68.0 Å². The Morgan fingerprint density at radius 2 is 2.25 bits per heavy atom. The summed E-state index contributed by atoms with van der Waals surface area (Å²) < 4.78 is 0. The van der Waals surface area contributed by atoms with Crippen molar-refractivity contribution < 1.29 is 0 Å². The Balaban J connectivity index is 2.03. The highest BCUT2D eigenvalue weighted by Gasteiger charge is 2.30. The molecule has 4 nitrogen and oxygen atoms in total. The van der Waals surface area contributed by atoms with Gasteiger partial charge in [0.25, 0.3) is 0 Å². The number of likely N-dealkylation sites (N-methyl/N-ethyl adjacent to an activating group) is 1. The first-order chi connectivity index (χ1) is 7.66. The van der Waals surface area contributed by atoms with Crippen LogP contribution in [0.2, 0.25) is 0 Å². The second-order valence-corrected chi connectivity index (χ2v) is 5.36. The lowest BCUT2D eigenvalue weighted by Crippen LogP contribution is -2.58. The summed E-state index contributed by atoms with van der Waals surface area (Å²) in [5.41, 5.74) is 0. The van der Waals surface area contributed by atoms with Crippen LogP contribution < -0.4 is 5.32 Å². The Morgan fingerprint density at radius 3 is 2.88 bits per heavy atom. The van der Waals surface area contributed by atoms with Crippen LogP contribution in [0.15, 0.2) is 4.99 Å². The molecule has 1 fully saturated rings. The topological polar surface area (TPSA) is 30.9 Å². The summed E-state index contributed by atoms with van der Waals surface area (Å²) in [6.45, 7) is 11.2. The molecule has 1 N–H and O–H groups in total. The van der Waals surface area contributed by atoms with Crippen LogP contribution in [0.3, 0.4) is 0 Å². The first-order valence-electron chi connectivity index (χ1n) is 6.37. The Labute approximate surface area is 98.7 Å². The summed E-state index contributed by atoms with van der Waals surface area (Å²) in [5, 5.41) is 3.43. The molecule has 2 aliphatic heterocycles. The number of amidine groups is 1. The molecule has 0 saturated carbocycles. The summed E-state index contributed by atoms with van der Waals surface area (Å²) >= 11 is 0. The zero-order valence-electron chi connectivity index (χ0n) is 10.7. The Hall–Kier alpha value is -0.610. The highest BCUT2D eigenvalue weighted by molar-refractivity contribution is 5.89. The maximum Gasteiger partial charge on any atom is 0.115 e. The Kier molecular flexibility index (Phi) is 3.82. The van der Waals surface area contributed by atoms with E-state index in [4.69, 9.17) is 0 Å². The van der Waals surface area contributed by atoms with E-state index in [1.54, 1.807) is 0 Å². The van der Waals surface area contributed by atoms with Crippen LogP contribution in [0, 0.1) is 5.92 Å². The van der Waals surface area contributed by atoms with Crippen molar-refractivity contribution in [2.75, 3.05) is 46.3 Å². The van der Waals surface area contributed by atoms with E-state index in [-0.39, 0.29) is 0 Å². The molecule has 2 rings (SSSR count). The molecule has 0 amide bonds. The minimum atomic E-state index is 0.489. The standard InChI is InChI=1S/C12H24N4/c1-10(2)8-16-7-6-15(3)9-11(16)12-13-4-5-14-12/h10-11H,4-9H2,1-3H3,(H,13,14). The Bertz CT molecular complexity index is 262. The molecule has 0 radical (unpaired) electrons. The maximum absolute atomic E-state index is 4.59. The molecule has 16 heavy (non-hydrogen) atoms. The van der Waals surface area contributed by atoms with Crippen LogP contribution in [0.4, 0.5) is 0 Å². The molecule has 0 aromatic heterocycles. The minimum Gasteiger partial charge on any atom is -0.371 e. The molecule has 0 bridgehead atoms. The monoisotopic (exact) mass is 224 g/mol. The van der Waals surface area contributed by atoms with Crippen molar-refractivity contribution in [3.05, 3.63) is 0 Å². The van der Waals surface area contributed by atoms with Gasteiger partial charge in [0.05, 0.1) is 12.6 Å². The molecule has 0 aromatic rings. The SMILES string of the molecule is CC(C)CN1CCN(C)CC1C1=NCCN1. The fourth-order valence-corrected chi connectivity index (χ4v) is 2.54. The first kappa shape index (κ1) is 11.9. The van der Waals surface area contributed by atoms with E-state index in [0.29, 0.717) is 6.04 Å². The number of piperazine rings is 1. The van der Waals surface area contributed by atoms with Crippen molar-refractivity contribution in [2.45, 2.75) is 19.9 Å². The zero-order valence-corrected chi connectivity index (χ0v) is 10.7. The molecule has 92 valence electrons. The molecule has 2 heterocycles. The maximum atomic E-state index is 4.59. The third kappa shape index (κ3) is 2.74. The molecule has 4 heteroatoms. The first-order valence-corrected chi connectivity index (χ1v) is 6.37. The number of hydrogen-bond acceptors (Lipinski definition) is 4. The van der Waals surface area contributed by atoms with Gasteiger partial charge in [-0.25, -0.2) is 0 Å². The van der Waals surface area contributed by atoms with Crippen LogP contribution >= 0.6 is 0 Å². The van der Waals surface area contributed by atoms with E-state index in [2.05, 4.69) is 41.0 Å². The zero-order chi connectivity index (χ0) is 11.5. The summed E-state index contributed by atoms with van der Waals surface area (Å²) in [6.07, 6.45) is 0. The summed E-state index contributed by atoms with van der Waals surface area (Å²) in [7, 11) is 2.20. The van der Waals surface area contributed by atoms with Crippen molar-refractivity contribution >= 4 is 5.84 Å². The van der Waals surface area contributed by atoms with E-state index in [9.17, 15) is 0 Å². The summed E-state index contributed by atoms with van der Waals surface area (Å²) in [4.78, 5) is 9.58. The number of aliphatic imine (C=N–C) groups is 1. The second kappa shape index (κ2) is 5.15. The molecule has 0 aromatic carbocycles. The molecule has 0 aliphatic carbocycles. The van der Waals surface area contributed by atoms with Gasteiger partial charge >= 0.3 is 0 Å². The molecule has 1 atom stereocenters. The number of nitrogens with one attached hydrogen (secondary N) is 1. The van der Waals surface area contributed by atoms with Crippen molar-refractivity contribution in [3.63, 3.8) is 0 Å². The van der Waals surface area contributed by atoms with Gasteiger partial charge in [0.15, 0.2) is 0 Å². The predicted octanol–water partition coefficient (Wildman–Crippen LogP) is 0.260. The molecular formula is C12H24N4. The van der Waals surface area contributed by atoms with Gasteiger partial charge in [-0.2, -0.15) is 0 Å². The van der Waals surface area contributed by atoms with Crippen LogP contribution in [-0.2, 0) is 0 Å². The minimum absolute atomic E-state index is 0.489. The quantitative estimate of drug-likeness (QED) is 0.746. The predicted molar refractivity (Wildman–Crippen MR) is 68.0 cm³/mol. The Morgan fingerprint density at radius 1 is 1.44 bits per heavy atom. The highest BCUT2D eigenvalue weighted by Crippen LogP contribution is 2.13. The van der Waals surface area contributed by atoms with Gasteiger partial charge < -0.3 is 10.2 Å². The normalized spacial score (nSPS) is 28.2. The fourth-order valence-electron chi connectivity index (χ4n) is 2.54. The van der Waals surface area contributed by atoms with Crippen molar-refractivity contribution in [3.8, 4) is 0 Å². The average Bonchev–Trinajstić information content (AvgIpc) is 2.73. The lowest BCUT2D eigenvalue weighted by atomic mass is 10.1. The van der Waals surface area contributed by atoms with Crippen LogP contribution in [0.1, 0.15) is 13.8 Å². The third-order valence-electron chi connectivity index (χ3n) is 3.31. The molecule has 1 saturated heterocycles. The summed E-state index contributed by atoms with van der Waals surface area (Å²) in [5.74, 6) is 1.94. The van der Waals surface area contributed by atoms with Crippen LogP contribution in [0.25, 0.3) is 0 Å². The van der Waals surface area contributed by atoms with Crippen LogP contribution in [0.5, 0.6) is 0 Å². The second-order valence-electron chi connectivity index (χ2n) is 5.36. The lowest BCUT2D eigenvalue weighted by molar-refractivity contribution is 0.112. The van der Waals surface area contributed by atoms with E-state index < -0.39 is 0 Å². The van der Waals surface area contributed by atoms with E-state index >= 15 is 0 Å². The van der Waals surface area contributed by atoms with Crippen molar-refractivity contribution in [1.82, 2.24) is 15.1 Å². The number of rotatable bonds is 3. The molecular weight excluding hydrogens is 200 g/mol. The average molecular weight is 224 g/mol. The molecule has 2 aliphatic rings. The molecule has 0 spiro atoms. The lowest BCUT2D eigenvalue weighted by Gasteiger charge is -2.40. The van der Waals surface area contributed by atoms with Gasteiger partial charge in [0.2, 0.25) is 0 Å². The van der Waals surface area contributed by atoms with E-state index in [1.165, 1.54) is 25.5 Å². The van der Waals surface area contributed by atoms with Crippen molar-refractivity contribution in [1.29, 1.82) is 0 Å². The number of hydrogen-bond donors (Lipinski definition) is 1. The summed E-state index contributed by atoms with van der Waals surface area (Å²) in [6, 6.07) is 0.489. The van der Waals surface area contributed by atoms with Gasteiger partial charge in [0, 0.05) is 32.7 Å². The van der Waals surface area contributed by atoms with E-state index in [1.807, 2.05) is 0 Å². The molecule has 1 unspecified atom stereocenters. The smallest absolute Gasteiger partial charge is 0.115 e. The highest BCUT2D eigenvalue weighted by atomic mass is 15.3. The fraction of sp³-hybridized carbons (Fsp3) is 0.917. The van der Waals surface area contributed by atoms with Gasteiger partial charge in [-0.1, -0.05) is 13.8 Å². The largest absolute Gasteiger partial charge is 0.371 e. The van der Waals surface area contributed by atoms with Gasteiger partial charge in [-0.05, 0) is 13.0 Å². The third-order valence-corrected chi connectivity index (χ3v) is 3.31. The number of nitrogens with zero attached hydrogens (tertiary/aromatic N) is 3. The van der Waals surface area contributed by atoms with E-state index in [0.717, 1.165) is 25.6 Å². The van der Waals surface area contributed by atoms with Crippen molar-refractivity contribution in [2.24, 2.45) is 10.9 Å². The van der Waals surface area contributed by atoms with Gasteiger partial charge in [-0.3, -0.25) is 9.89 Å². The van der Waals surface area contributed by atoms with Gasteiger partial charge in [0.1, 0.15) is 5.84 Å². The van der Waals surface area contributed by atoms with Gasteiger partial charge in [-0.15, -0.1) is 0 Å².